The first kappa shape index (κ1) is 28.4. The zero-order chi connectivity index (χ0) is 28.2. The summed E-state index contributed by atoms with van der Waals surface area (Å²) in [7, 11) is -4.18. The Morgan fingerprint density at radius 2 is 1.79 bits per heavy atom. The van der Waals surface area contributed by atoms with Gasteiger partial charge >= 0.3 is 10.1 Å². The van der Waals surface area contributed by atoms with Gasteiger partial charge in [-0.15, -0.1) is 0 Å². The molecule has 3 aromatic rings. The summed E-state index contributed by atoms with van der Waals surface area (Å²) in [5, 5.41) is 9.89. The number of aryl methyl sites for hydroxylation is 2. The van der Waals surface area contributed by atoms with E-state index in [4.69, 9.17) is 13.7 Å². The van der Waals surface area contributed by atoms with Crippen molar-refractivity contribution in [3.63, 3.8) is 0 Å². The molecule has 0 aliphatic carbocycles. The SMILES string of the molecule is CCCCc1ccc(C(=O)COc2c(CO)ccc3c2C=CC(C)(C)O3)c(OS(=O)(=O)c2ccc(C)cc2)c1. The fourth-order valence-corrected chi connectivity index (χ4v) is 5.20. The highest BCUT2D eigenvalue weighted by atomic mass is 32.2. The van der Waals surface area contributed by atoms with Crippen LogP contribution in [0.1, 0.15) is 66.2 Å². The van der Waals surface area contributed by atoms with Crippen molar-refractivity contribution < 1.29 is 32.0 Å². The molecule has 1 heterocycles. The van der Waals surface area contributed by atoms with E-state index in [-0.39, 0.29) is 22.8 Å². The molecule has 0 bridgehead atoms. The van der Waals surface area contributed by atoms with Crippen LogP contribution in [0.15, 0.2) is 65.6 Å². The molecule has 39 heavy (non-hydrogen) atoms. The Balaban J connectivity index is 1.63. The van der Waals surface area contributed by atoms with Gasteiger partial charge < -0.3 is 18.8 Å². The van der Waals surface area contributed by atoms with Crippen LogP contribution in [0.3, 0.4) is 0 Å². The number of Topliss-reactive ketones (excluding diaryl/α,β-unsaturated/α-hetero) is 1. The van der Waals surface area contributed by atoms with Crippen LogP contribution in [0.5, 0.6) is 17.2 Å². The molecular weight excluding hydrogens is 516 g/mol. The van der Waals surface area contributed by atoms with Gasteiger partial charge in [-0.3, -0.25) is 4.79 Å². The second-order valence-corrected chi connectivity index (χ2v) is 11.7. The molecule has 1 aliphatic heterocycles. The Kier molecular flexibility index (Phi) is 8.47. The van der Waals surface area contributed by atoms with E-state index in [1.807, 2.05) is 32.9 Å². The molecule has 0 saturated heterocycles. The first-order valence-corrected chi connectivity index (χ1v) is 14.4. The average molecular weight is 551 g/mol. The standard InChI is InChI=1S/C31H34O7S/c1-5-6-7-22-10-14-25(29(18-22)38-39(34,35)24-12-8-21(2)9-13-24)27(33)20-36-30-23(19-32)11-15-28-26(30)16-17-31(3,4)37-28/h8-18,32H,5-7,19-20H2,1-4H3. The summed E-state index contributed by atoms with van der Waals surface area (Å²) in [6.45, 7) is 7.09. The smallest absolute Gasteiger partial charge is 0.339 e. The number of unbranched alkanes of at least 4 members (excludes halogenated alkanes) is 1. The molecule has 0 radical (unpaired) electrons. The Hall–Kier alpha value is -3.62. The molecule has 0 aromatic heterocycles. The van der Waals surface area contributed by atoms with Crippen molar-refractivity contribution in [3.8, 4) is 17.2 Å². The number of hydrogen-bond donors (Lipinski definition) is 1. The molecule has 0 amide bonds. The summed E-state index contributed by atoms with van der Waals surface area (Å²) in [5.41, 5.74) is 2.50. The quantitative estimate of drug-likeness (QED) is 0.229. The molecule has 8 heteroatoms. The molecule has 7 nitrogen and oxygen atoms in total. The number of ether oxygens (including phenoxy) is 2. The highest BCUT2D eigenvalue weighted by molar-refractivity contribution is 7.87. The molecule has 4 rings (SSSR count). The summed E-state index contributed by atoms with van der Waals surface area (Å²) >= 11 is 0. The second-order valence-electron chi connectivity index (χ2n) is 10.2. The predicted octanol–water partition coefficient (Wildman–Crippen LogP) is 6.04. The van der Waals surface area contributed by atoms with Crippen LogP contribution in [0.2, 0.25) is 0 Å². The average Bonchev–Trinajstić information content (AvgIpc) is 2.89. The largest absolute Gasteiger partial charge is 0.484 e. The van der Waals surface area contributed by atoms with Crippen LogP contribution < -0.4 is 13.7 Å². The number of aliphatic hydroxyl groups excluding tert-OH is 1. The lowest BCUT2D eigenvalue weighted by Gasteiger charge is -2.29. The second kappa shape index (κ2) is 11.6. The monoisotopic (exact) mass is 550 g/mol. The topological polar surface area (TPSA) is 99.1 Å². The Morgan fingerprint density at radius 3 is 2.49 bits per heavy atom. The minimum Gasteiger partial charge on any atom is -0.484 e. The van der Waals surface area contributed by atoms with Gasteiger partial charge in [0, 0.05) is 5.56 Å². The number of hydrogen-bond acceptors (Lipinski definition) is 7. The molecule has 0 unspecified atom stereocenters. The van der Waals surface area contributed by atoms with Crippen molar-refractivity contribution in [1.29, 1.82) is 0 Å². The van der Waals surface area contributed by atoms with Gasteiger partial charge in [0.2, 0.25) is 5.78 Å². The van der Waals surface area contributed by atoms with Crippen molar-refractivity contribution in [1.82, 2.24) is 0 Å². The maximum Gasteiger partial charge on any atom is 0.339 e. The van der Waals surface area contributed by atoms with Crippen LogP contribution >= 0.6 is 0 Å². The Morgan fingerprint density at radius 1 is 1.05 bits per heavy atom. The van der Waals surface area contributed by atoms with Gasteiger partial charge in [-0.1, -0.05) is 37.1 Å². The zero-order valence-electron chi connectivity index (χ0n) is 22.7. The number of ketones is 1. The van der Waals surface area contributed by atoms with Gasteiger partial charge in [-0.25, -0.2) is 0 Å². The molecule has 0 fully saturated rings. The van der Waals surface area contributed by atoms with Crippen molar-refractivity contribution in [2.45, 2.75) is 64.1 Å². The van der Waals surface area contributed by atoms with Crippen molar-refractivity contribution in [2.24, 2.45) is 0 Å². The normalized spacial score (nSPS) is 13.9. The van der Waals surface area contributed by atoms with E-state index in [0.717, 1.165) is 30.4 Å². The highest BCUT2D eigenvalue weighted by Gasteiger charge is 2.26. The molecule has 0 spiro atoms. The number of carbonyl (C=O) groups excluding carboxylic acids is 1. The summed E-state index contributed by atoms with van der Waals surface area (Å²) in [5.74, 6) is 0.411. The highest BCUT2D eigenvalue weighted by Crippen LogP contribution is 2.39. The van der Waals surface area contributed by atoms with Crippen LogP contribution in [-0.2, 0) is 23.1 Å². The molecule has 0 saturated carbocycles. The zero-order valence-corrected chi connectivity index (χ0v) is 23.5. The minimum absolute atomic E-state index is 0.0000716. The molecule has 3 aromatic carbocycles. The summed E-state index contributed by atoms with van der Waals surface area (Å²) in [6.07, 6.45) is 6.33. The number of rotatable bonds is 11. The van der Waals surface area contributed by atoms with E-state index < -0.39 is 28.1 Å². The number of carbonyl (C=O) groups is 1. The molecule has 1 aliphatic rings. The summed E-state index contributed by atoms with van der Waals surface area (Å²) in [4.78, 5) is 13.4. The number of benzene rings is 3. The Bertz CT molecular complexity index is 1490. The van der Waals surface area contributed by atoms with E-state index in [9.17, 15) is 18.3 Å². The third-order valence-corrected chi connectivity index (χ3v) is 7.70. The van der Waals surface area contributed by atoms with Crippen LogP contribution in [-0.4, -0.2) is 31.5 Å². The molecule has 206 valence electrons. The lowest BCUT2D eigenvalue weighted by atomic mass is 9.99. The first-order valence-electron chi connectivity index (χ1n) is 13.0. The molecule has 1 N–H and O–H groups in total. The van der Waals surface area contributed by atoms with Gasteiger partial charge in [-0.05, 0) is 87.7 Å². The van der Waals surface area contributed by atoms with Crippen molar-refractivity contribution >= 4 is 22.0 Å². The van der Waals surface area contributed by atoms with Gasteiger partial charge in [0.25, 0.3) is 0 Å². The molecular formula is C31H34O7S. The van der Waals surface area contributed by atoms with Gasteiger partial charge in [-0.2, -0.15) is 8.42 Å². The van der Waals surface area contributed by atoms with Gasteiger partial charge in [0.05, 0.1) is 17.7 Å². The van der Waals surface area contributed by atoms with Crippen molar-refractivity contribution in [2.75, 3.05) is 6.61 Å². The van der Waals surface area contributed by atoms with E-state index in [1.54, 1.807) is 42.5 Å². The number of aliphatic hydroxyl groups is 1. The van der Waals surface area contributed by atoms with E-state index >= 15 is 0 Å². The lowest BCUT2D eigenvalue weighted by molar-refractivity contribution is 0.0916. The third kappa shape index (κ3) is 6.69. The maximum absolute atomic E-state index is 13.4. The van der Waals surface area contributed by atoms with Crippen LogP contribution in [0.4, 0.5) is 0 Å². The Labute approximate surface area is 230 Å². The predicted molar refractivity (Wildman–Crippen MR) is 150 cm³/mol. The van der Waals surface area contributed by atoms with E-state index in [1.165, 1.54) is 12.1 Å². The van der Waals surface area contributed by atoms with Crippen LogP contribution in [0, 0.1) is 6.92 Å². The number of fused-ring (bicyclic) bond motifs is 1. The third-order valence-electron chi connectivity index (χ3n) is 6.45. The lowest BCUT2D eigenvalue weighted by Crippen LogP contribution is -2.27. The fraction of sp³-hybridized carbons (Fsp3) is 0.323. The summed E-state index contributed by atoms with van der Waals surface area (Å²) < 4.78 is 43.6. The maximum atomic E-state index is 13.4. The first-order chi connectivity index (χ1) is 18.5. The van der Waals surface area contributed by atoms with E-state index in [0.29, 0.717) is 22.6 Å². The van der Waals surface area contributed by atoms with Crippen LogP contribution in [0.25, 0.3) is 6.08 Å². The van der Waals surface area contributed by atoms with Gasteiger partial charge in [0.15, 0.2) is 12.4 Å². The fourth-order valence-electron chi connectivity index (χ4n) is 4.26. The van der Waals surface area contributed by atoms with Crippen molar-refractivity contribution in [3.05, 3.63) is 88.5 Å². The minimum atomic E-state index is -4.18. The van der Waals surface area contributed by atoms with E-state index in [2.05, 4.69) is 6.92 Å². The summed E-state index contributed by atoms with van der Waals surface area (Å²) in [6, 6.07) is 14.8. The molecule has 0 atom stereocenters. The van der Waals surface area contributed by atoms with Gasteiger partial charge in [0.1, 0.15) is 22.0 Å².